The third kappa shape index (κ3) is 2.91. The van der Waals surface area contributed by atoms with E-state index in [1.165, 1.54) is 5.69 Å². The van der Waals surface area contributed by atoms with E-state index in [0.29, 0.717) is 6.10 Å². The van der Waals surface area contributed by atoms with Gasteiger partial charge in [-0.2, -0.15) is 0 Å². The molecule has 0 aromatic heterocycles. The number of para-hydroxylation sites is 2. The third-order valence-electron chi connectivity index (χ3n) is 3.19. The number of anilines is 1. The number of fused-ring (bicyclic) bond motifs is 1. The first kappa shape index (κ1) is 12.2. The molecule has 0 saturated heterocycles. The van der Waals surface area contributed by atoms with Crippen LogP contribution in [-0.4, -0.2) is 32.3 Å². The van der Waals surface area contributed by atoms with Crippen LogP contribution in [0, 0.1) is 0 Å². The Morgan fingerprint density at radius 1 is 1.35 bits per heavy atom. The number of nitrogens with one attached hydrogen (secondary N) is 1. The van der Waals surface area contributed by atoms with Crippen molar-refractivity contribution in [2.75, 3.05) is 31.1 Å². The van der Waals surface area contributed by atoms with Crippen LogP contribution >= 0.6 is 0 Å². The van der Waals surface area contributed by atoms with Crippen LogP contribution in [0.15, 0.2) is 24.3 Å². The van der Waals surface area contributed by atoms with Gasteiger partial charge in [0.05, 0.1) is 12.2 Å². The lowest BCUT2D eigenvalue weighted by Crippen LogP contribution is -2.42. The van der Waals surface area contributed by atoms with Crippen molar-refractivity contribution in [1.82, 2.24) is 5.32 Å². The maximum atomic E-state index is 5.96. The fourth-order valence-electron chi connectivity index (χ4n) is 2.19. The molecule has 1 aliphatic rings. The summed E-state index contributed by atoms with van der Waals surface area (Å²) in [5, 5.41) is 3.38. The molecule has 1 aliphatic heterocycles. The quantitative estimate of drug-likeness (QED) is 0.791. The van der Waals surface area contributed by atoms with E-state index in [9.17, 15) is 0 Å². The van der Waals surface area contributed by atoms with Crippen molar-refractivity contribution in [1.29, 1.82) is 0 Å². The highest BCUT2D eigenvalue weighted by Crippen LogP contribution is 2.33. The van der Waals surface area contributed by atoms with Crippen molar-refractivity contribution in [2.24, 2.45) is 0 Å². The van der Waals surface area contributed by atoms with Crippen molar-refractivity contribution in [3.63, 3.8) is 0 Å². The van der Waals surface area contributed by atoms with Crippen molar-refractivity contribution >= 4 is 5.69 Å². The number of benzene rings is 1. The van der Waals surface area contributed by atoms with Crippen molar-refractivity contribution in [3.05, 3.63) is 24.3 Å². The molecular formula is C14H22N2O. The molecule has 1 unspecified atom stereocenters. The average Bonchev–Trinajstić information content (AvgIpc) is 2.38. The summed E-state index contributed by atoms with van der Waals surface area (Å²) in [6.07, 6.45) is 1.39. The summed E-state index contributed by atoms with van der Waals surface area (Å²) in [5.74, 6) is 1.03. The predicted molar refractivity (Wildman–Crippen MR) is 71.9 cm³/mol. The largest absolute Gasteiger partial charge is 0.486 e. The van der Waals surface area contributed by atoms with Crippen LogP contribution in [0.2, 0.25) is 0 Å². The van der Waals surface area contributed by atoms with E-state index in [0.717, 1.165) is 38.3 Å². The third-order valence-corrected chi connectivity index (χ3v) is 3.19. The molecular weight excluding hydrogens is 212 g/mol. The van der Waals surface area contributed by atoms with Crippen LogP contribution in [0.4, 0.5) is 5.69 Å². The number of hydrogen-bond donors (Lipinski definition) is 1. The molecule has 0 saturated carbocycles. The van der Waals surface area contributed by atoms with Gasteiger partial charge >= 0.3 is 0 Å². The van der Waals surface area contributed by atoms with E-state index in [-0.39, 0.29) is 0 Å². The SMILES string of the molecule is CCNCCN1CC(CC)Oc2ccccc21. The van der Waals surface area contributed by atoms with Gasteiger partial charge < -0.3 is 15.0 Å². The monoisotopic (exact) mass is 234 g/mol. The van der Waals surface area contributed by atoms with Crippen molar-refractivity contribution < 1.29 is 4.74 Å². The van der Waals surface area contributed by atoms with Gasteiger partial charge in [-0.1, -0.05) is 26.0 Å². The molecule has 3 heteroatoms. The molecule has 1 heterocycles. The standard InChI is InChI=1S/C14H22N2O/c1-3-12-11-16(10-9-15-4-2)13-7-5-6-8-14(13)17-12/h5-8,12,15H,3-4,9-11H2,1-2H3. The summed E-state index contributed by atoms with van der Waals surface area (Å²) in [4.78, 5) is 2.43. The minimum absolute atomic E-state index is 0.325. The molecule has 1 aromatic carbocycles. The van der Waals surface area contributed by atoms with Crippen LogP contribution in [0.5, 0.6) is 5.75 Å². The fraction of sp³-hybridized carbons (Fsp3) is 0.571. The summed E-state index contributed by atoms with van der Waals surface area (Å²) >= 11 is 0. The van der Waals surface area contributed by atoms with Crippen LogP contribution in [-0.2, 0) is 0 Å². The molecule has 1 N–H and O–H groups in total. The van der Waals surface area contributed by atoms with E-state index in [1.807, 2.05) is 6.07 Å². The highest BCUT2D eigenvalue weighted by Gasteiger charge is 2.23. The minimum Gasteiger partial charge on any atom is -0.486 e. The number of nitrogens with zero attached hydrogens (tertiary/aromatic N) is 1. The van der Waals surface area contributed by atoms with Gasteiger partial charge in [-0.15, -0.1) is 0 Å². The van der Waals surface area contributed by atoms with Gasteiger partial charge in [0.25, 0.3) is 0 Å². The number of likely N-dealkylation sites (N-methyl/N-ethyl adjacent to an activating group) is 1. The average molecular weight is 234 g/mol. The van der Waals surface area contributed by atoms with Crippen molar-refractivity contribution in [2.45, 2.75) is 26.4 Å². The zero-order valence-corrected chi connectivity index (χ0v) is 10.8. The first-order chi connectivity index (χ1) is 8.35. The molecule has 1 atom stereocenters. The highest BCUT2D eigenvalue weighted by molar-refractivity contribution is 5.60. The van der Waals surface area contributed by atoms with Gasteiger partial charge in [0, 0.05) is 13.1 Å². The molecule has 17 heavy (non-hydrogen) atoms. The lowest BCUT2D eigenvalue weighted by molar-refractivity contribution is 0.189. The minimum atomic E-state index is 0.325. The maximum Gasteiger partial charge on any atom is 0.143 e. The Labute approximate surface area is 104 Å². The van der Waals surface area contributed by atoms with E-state index >= 15 is 0 Å². The topological polar surface area (TPSA) is 24.5 Å². The van der Waals surface area contributed by atoms with Gasteiger partial charge in [0.15, 0.2) is 0 Å². The Morgan fingerprint density at radius 2 is 2.18 bits per heavy atom. The van der Waals surface area contributed by atoms with E-state index in [2.05, 4.69) is 42.3 Å². The first-order valence-corrected chi connectivity index (χ1v) is 6.56. The Hall–Kier alpha value is -1.22. The second-order valence-electron chi connectivity index (χ2n) is 4.42. The number of rotatable bonds is 5. The predicted octanol–water partition coefficient (Wildman–Crippen LogP) is 2.27. The first-order valence-electron chi connectivity index (χ1n) is 6.56. The van der Waals surface area contributed by atoms with Gasteiger partial charge in [0.2, 0.25) is 0 Å². The van der Waals surface area contributed by atoms with Crippen LogP contribution in [0.25, 0.3) is 0 Å². The zero-order chi connectivity index (χ0) is 12.1. The van der Waals surface area contributed by atoms with Gasteiger partial charge in [-0.25, -0.2) is 0 Å². The normalized spacial score (nSPS) is 18.7. The number of ether oxygens (including phenoxy) is 1. The van der Waals surface area contributed by atoms with Crippen LogP contribution < -0.4 is 15.0 Å². The smallest absolute Gasteiger partial charge is 0.143 e. The molecule has 2 rings (SSSR count). The Balaban J connectivity index is 2.09. The molecule has 3 nitrogen and oxygen atoms in total. The van der Waals surface area contributed by atoms with Crippen LogP contribution in [0.3, 0.4) is 0 Å². The molecule has 0 aliphatic carbocycles. The van der Waals surface area contributed by atoms with Gasteiger partial charge in [-0.05, 0) is 25.1 Å². The number of hydrogen-bond acceptors (Lipinski definition) is 3. The molecule has 94 valence electrons. The molecule has 0 fully saturated rings. The molecule has 1 aromatic rings. The summed E-state index contributed by atoms with van der Waals surface area (Å²) in [5.41, 5.74) is 1.23. The Kier molecular flexibility index (Phi) is 4.26. The lowest BCUT2D eigenvalue weighted by Gasteiger charge is -2.36. The summed E-state index contributed by atoms with van der Waals surface area (Å²) in [6.45, 7) is 8.43. The molecule has 0 spiro atoms. The second-order valence-corrected chi connectivity index (χ2v) is 4.42. The second kappa shape index (κ2) is 5.92. The Morgan fingerprint density at radius 3 is 2.94 bits per heavy atom. The highest BCUT2D eigenvalue weighted by atomic mass is 16.5. The fourth-order valence-corrected chi connectivity index (χ4v) is 2.19. The van der Waals surface area contributed by atoms with Crippen molar-refractivity contribution in [3.8, 4) is 5.75 Å². The molecule has 0 radical (unpaired) electrons. The Bertz CT molecular complexity index is 354. The molecule has 0 amide bonds. The lowest BCUT2D eigenvalue weighted by atomic mass is 10.1. The summed E-state index contributed by atoms with van der Waals surface area (Å²) in [7, 11) is 0. The van der Waals surface area contributed by atoms with Crippen LogP contribution in [0.1, 0.15) is 20.3 Å². The zero-order valence-electron chi connectivity index (χ0n) is 10.8. The molecule has 0 bridgehead atoms. The van der Waals surface area contributed by atoms with Gasteiger partial charge in [0.1, 0.15) is 11.9 Å². The van der Waals surface area contributed by atoms with E-state index < -0.39 is 0 Å². The van der Waals surface area contributed by atoms with Gasteiger partial charge in [-0.3, -0.25) is 0 Å². The summed E-state index contributed by atoms with van der Waals surface area (Å²) < 4.78 is 5.96. The maximum absolute atomic E-state index is 5.96. The summed E-state index contributed by atoms with van der Waals surface area (Å²) in [6, 6.07) is 8.33. The van der Waals surface area contributed by atoms with E-state index in [4.69, 9.17) is 4.74 Å². The van der Waals surface area contributed by atoms with E-state index in [1.54, 1.807) is 0 Å².